The van der Waals surface area contributed by atoms with Crippen LogP contribution < -0.4 is 0 Å². The second-order valence-electron chi connectivity index (χ2n) is 8.12. The Morgan fingerprint density at radius 3 is 2.50 bits per heavy atom. The second-order valence-corrected chi connectivity index (χ2v) is 8.12. The molecule has 24 heavy (non-hydrogen) atoms. The Balaban J connectivity index is 1.71. The molecule has 2 unspecified atom stereocenters. The van der Waals surface area contributed by atoms with Gasteiger partial charge in [-0.05, 0) is 62.8 Å². The number of fused-ring (bicyclic) bond motifs is 1. The van der Waals surface area contributed by atoms with Gasteiger partial charge in [-0.25, -0.2) is 0 Å². The normalized spacial score (nSPS) is 29.2. The lowest BCUT2D eigenvalue weighted by Crippen LogP contribution is -2.37. The van der Waals surface area contributed by atoms with E-state index in [-0.39, 0.29) is 12.0 Å². The first-order valence-electron chi connectivity index (χ1n) is 9.41. The highest BCUT2D eigenvalue weighted by atomic mass is 16.3. The van der Waals surface area contributed by atoms with Gasteiger partial charge >= 0.3 is 0 Å². The van der Waals surface area contributed by atoms with Gasteiger partial charge in [0.15, 0.2) is 0 Å². The molecule has 2 saturated carbocycles. The smallest absolute Gasteiger partial charge is 0.272 e. The highest BCUT2D eigenvalue weighted by Gasteiger charge is 2.43. The second kappa shape index (κ2) is 6.87. The number of aliphatic hydroxyl groups is 1. The van der Waals surface area contributed by atoms with Crippen LogP contribution in [-0.4, -0.2) is 44.9 Å². The molecule has 0 radical (unpaired) electrons. The fourth-order valence-electron chi connectivity index (χ4n) is 4.62. The third kappa shape index (κ3) is 3.37. The number of aliphatic hydroxyl groups excluding tert-OH is 1. The summed E-state index contributed by atoms with van der Waals surface area (Å²) >= 11 is 0. The first-order chi connectivity index (χ1) is 11.4. The Bertz CT molecular complexity index is 581. The summed E-state index contributed by atoms with van der Waals surface area (Å²) in [5.41, 5.74) is 1.72. The van der Waals surface area contributed by atoms with Crippen molar-refractivity contribution in [3.63, 3.8) is 0 Å². The minimum atomic E-state index is -0.123. The van der Waals surface area contributed by atoms with Crippen LogP contribution in [0, 0.1) is 17.8 Å². The van der Waals surface area contributed by atoms with E-state index in [4.69, 9.17) is 0 Å². The average molecular weight is 333 g/mol. The van der Waals surface area contributed by atoms with Crippen LogP contribution in [0.4, 0.5) is 0 Å². The summed E-state index contributed by atoms with van der Waals surface area (Å²) in [6.07, 6.45) is 4.67. The van der Waals surface area contributed by atoms with Crippen molar-refractivity contribution in [3.8, 4) is 0 Å². The minimum Gasteiger partial charge on any atom is -0.393 e. The molecule has 1 aromatic heterocycles. The van der Waals surface area contributed by atoms with E-state index in [0.717, 1.165) is 44.3 Å². The van der Waals surface area contributed by atoms with Crippen LogP contribution in [0.1, 0.15) is 62.6 Å². The number of aryl methyl sites for hydroxylation is 1. The number of nitrogens with zero attached hydrogens (tertiary/aromatic N) is 3. The molecule has 5 heteroatoms. The number of carbonyl (C=O) groups excluding carboxylic acids is 1. The van der Waals surface area contributed by atoms with Gasteiger partial charge in [-0.15, -0.1) is 0 Å². The van der Waals surface area contributed by atoms with E-state index in [1.807, 2.05) is 29.6 Å². The van der Waals surface area contributed by atoms with E-state index in [1.54, 1.807) is 0 Å². The molecule has 0 saturated heterocycles. The number of aromatic nitrogens is 2. The molecule has 0 bridgehead atoms. The predicted molar refractivity (Wildman–Crippen MR) is 93.8 cm³/mol. The number of hydrogen-bond donors (Lipinski definition) is 1. The van der Waals surface area contributed by atoms with Gasteiger partial charge in [0.25, 0.3) is 5.91 Å². The van der Waals surface area contributed by atoms with E-state index < -0.39 is 0 Å². The maximum atomic E-state index is 13.0. The molecule has 2 fully saturated rings. The minimum absolute atomic E-state index is 0.0879. The molecule has 0 spiro atoms. The van der Waals surface area contributed by atoms with Gasteiger partial charge in [0, 0.05) is 19.6 Å². The topological polar surface area (TPSA) is 58.4 Å². The van der Waals surface area contributed by atoms with E-state index in [1.165, 1.54) is 0 Å². The van der Waals surface area contributed by atoms with E-state index in [2.05, 4.69) is 18.9 Å². The lowest BCUT2D eigenvalue weighted by Gasteiger charge is -2.25. The molecule has 1 N–H and O–H groups in total. The zero-order valence-electron chi connectivity index (χ0n) is 15.4. The highest BCUT2D eigenvalue weighted by molar-refractivity contribution is 5.92. The van der Waals surface area contributed by atoms with E-state index in [9.17, 15) is 9.90 Å². The Morgan fingerprint density at radius 1 is 1.33 bits per heavy atom. The quantitative estimate of drug-likeness (QED) is 0.901. The zero-order chi connectivity index (χ0) is 17.4. The van der Waals surface area contributed by atoms with Gasteiger partial charge in [0.05, 0.1) is 11.8 Å². The summed E-state index contributed by atoms with van der Waals surface area (Å²) < 4.78 is 1.84. The van der Waals surface area contributed by atoms with Crippen molar-refractivity contribution >= 4 is 5.91 Å². The fourth-order valence-corrected chi connectivity index (χ4v) is 4.62. The molecule has 2 aliphatic carbocycles. The molecule has 1 amide bonds. The van der Waals surface area contributed by atoms with Crippen LogP contribution in [0.5, 0.6) is 0 Å². The van der Waals surface area contributed by atoms with Gasteiger partial charge in [-0.2, -0.15) is 5.10 Å². The molecule has 3 rings (SSSR count). The molecule has 4 atom stereocenters. The van der Waals surface area contributed by atoms with Crippen molar-refractivity contribution < 1.29 is 9.90 Å². The Labute approximate surface area is 145 Å². The Morgan fingerprint density at radius 2 is 1.96 bits per heavy atom. The Kier molecular flexibility index (Phi) is 5.00. The SMILES string of the molecule is CCn1nc(CC(C)C)cc1C(=O)N(C)C1C[C@H]2CC(O)C[C@H]2C1. The lowest BCUT2D eigenvalue weighted by atomic mass is 10.0. The monoisotopic (exact) mass is 333 g/mol. The van der Waals surface area contributed by atoms with Crippen LogP contribution in [-0.2, 0) is 13.0 Å². The van der Waals surface area contributed by atoms with Gasteiger partial charge in [-0.1, -0.05) is 13.8 Å². The molecule has 2 aliphatic rings. The third-order valence-electron chi connectivity index (χ3n) is 5.80. The lowest BCUT2D eigenvalue weighted by molar-refractivity contribution is 0.0710. The Hall–Kier alpha value is -1.36. The van der Waals surface area contributed by atoms with Gasteiger partial charge < -0.3 is 10.0 Å². The molecule has 0 aliphatic heterocycles. The predicted octanol–water partition coefficient (Wildman–Crippen LogP) is 2.72. The van der Waals surface area contributed by atoms with Gasteiger partial charge in [0.1, 0.15) is 5.69 Å². The van der Waals surface area contributed by atoms with E-state index in [0.29, 0.717) is 29.5 Å². The van der Waals surface area contributed by atoms with Crippen molar-refractivity contribution in [3.05, 3.63) is 17.5 Å². The van der Waals surface area contributed by atoms with Crippen molar-refractivity contribution in [1.82, 2.24) is 14.7 Å². The van der Waals surface area contributed by atoms with E-state index >= 15 is 0 Å². The molecule has 0 aromatic carbocycles. The standard InChI is InChI=1S/C19H31N3O2/c1-5-22-18(11-15(20-22)6-12(2)3)19(24)21(4)16-7-13-9-17(23)10-14(13)8-16/h11-14,16-17,23H,5-10H2,1-4H3/t13-,14+,16?,17?. The van der Waals surface area contributed by atoms with Crippen molar-refractivity contribution in [2.24, 2.45) is 17.8 Å². The first-order valence-corrected chi connectivity index (χ1v) is 9.41. The molecular formula is C19H31N3O2. The van der Waals surface area contributed by atoms with Crippen LogP contribution in [0.2, 0.25) is 0 Å². The fraction of sp³-hybridized carbons (Fsp3) is 0.789. The maximum Gasteiger partial charge on any atom is 0.272 e. The number of hydrogen-bond acceptors (Lipinski definition) is 3. The molecule has 1 aromatic rings. The van der Waals surface area contributed by atoms with Crippen LogP contribution in [0.25, 0.3) is 0 Å². The molecular weight excluding hydrogens is 302 g/mol. The first kappa shape index (κ1) is 17.5. The average Bonchev–Trinajstić information content (AvgIpc) is 3.17. The van der Waals surface area contributed by atoms with Crippen molar-refractivity contribution in [2.75, 3.05) is 7.05 Å². The summed E-state index contributed by atoms with van der Waals surface area (Å²) in [6.45, 7) is 7.09. The van der Waals surface area contributed by atoms with Gasteiger partial charge in [-0.3, -0.25) is 9.48 Å². The zero-order valence-corrected chi connectivity index (χ0v) is 15.4. The molecule has 5 nitrogen and oxygen atoms in total. The maximum absolute atomic E-state index is 13.0. The summed E-state index contributed by atoms with van der Waals surface area (Å²) in [5.74, 6) is 1.80. The van der Waals surface area contributed by atoms with Crippen molar-refractivity contribution in [2.45, 2.75) is 71.6 Å². The number of rotatable bonds is 5. The summed E-state index contributed by atoms with van der Waals surface area (Å²) in [5, 5.41) is 14.4. The number of carbonyl (C=O) groups is 1. The largest absolute Gasteiger partial charge is 0.393 e. The highest BCUT2D eigenvalue weighted by Crippen LogP contribution is 2.45. The third-order valence-corrected chi connectivity index (χ3v) is 5.80. The van der Waals surface area contributed by atoms with Crippen molar-refractivity contribution in [1.29, 1.82) is 0 Å². The molecule has 1 heterocycles. The van der Waals surface area contributed by atoms with Crippen LogP contribution in [0.3, 0.4) is 0 Å². The van der Waals surface area contributed by atoms with Crippen LogP contribution in [0.15, 0.2) is 6.07 Å². The summed E-state index contributed by atoms with van der Waals surface area (Å²) in [6, 6.07) is 2.27. The summed E-state index contributed by atoms with van der Waals surface area (Å²) in [4.78, 5) is 14.9. The summed E-state index contributed by atoms with van der Waals surface area (Å²) in [7, 11) is 1.93. The molecule has 134 valence electrons. The van der Waals surface area contributed by atoms with Crippen LogP contribution >= 0.6 is 0 Å². The van der Waals surface area contributed by atoms with Gasteiger partial charge in [0.2, 0.25) is 0 Å². The number of amides is 1.